The summed E-state index contributed by atoms with van der Waals surface area (Å²) in [6.45, 7) is 1.80. The van der Waals surface area contributed by atoms with Crippen LogP contribution in [0.1, 0.15) is 0 Å². The van der Waals surface area contributed by atoms with Gasteiger partial charge in [0.25, 0.3) is 0 Å². The van der Waals surface area contributed by atoms with Gasteiger partial charge in [-0.15, -0.1) is 0 Å². The minimum Gasteiger partial charge on any atom is -0.485 e. The highest BCUT2D eigenvalue weighted by Gasteiger charge is 2.33. The summed E-state index contributed by atoms with van der Waals surface area (Å²) in [7, 11) is 0. The minimum atomic E-state index is -0.981. The number of benzene rings is 1. The van der Waals surface area contributed by atoms with Gasteiger partial charge in [0.15, 0.2) is 17.5 Å². The number of pyridine rings is 1. The number of urea groups is 1. The molecule has 0 atom stereocenters. The number of hydrogen-bond donors (Lipinski definition) is 2. The first-order chi connectivity index (χ1) is 17.0. The van der Waals surface area contributed by atoms with Crippen LogP contribution in [0.5, 0.6) is 5.75 Å². The molecule has 3 aromatic rings. The van der Waals surface area contributed by atoms with Crippen LogP contribution in [0.15, 0.2) is 48.8 Å². The summed E-state index contributed by atoms with van der Waals surface area (Å²) in [5, 5.41) is 12.1. The van der Waals surface area contributed by atoms with Crippen molar-refractivity contribution in [2.75, 3.05) is 54.4 Å². The van der Waals surface area contributed by atoms with E-state index in [0.717, 1.165) is 0 Å². The van der Waals surface area contributed by atoms with Crippen LogP contribution in [0.4, 0.5) is 31.3 Å². The number of rotatable bonds is 3. The molecule has 1 fully saturated rings. The monoisotopic (exact) mass is 479 g/mol. The molecular weight excluding hydrogens is 457 g/mol. The molecule has 11 nitrogen and oxygen atoms in total. The molecule has 180 valence electrons. The molecule has 5 rings (SSSR count). The van der Waals surface area contributed by atoms with Crippen LogP contribution in [0.3, 0.4) is 0 Å². The Bertz CT molecular complexity index is 1250. The number of aromatic nitrogens is 3. The number of amides is 3. The smallest absolute Gasteiger partial charge is 0.407 e. The second-order valence-corrected chi connectivity index (χ2v) is 7.96. The van der Waals surface area contributed by atoms with Gasteiger partial charge in [0.1, 0.15) is 12.4 Å². The lowest BCUT2D eigenvalue weighted by atomic mass is 10.2. The maximum absolute atomic E-state index is 14.0. The SMILES string of the molecule is O=C(O)N1CCN(c2nc(-c3cccc(F)c3)nc3c2OCCN3C(=O)Nc2ccncc2)CC1. The van der Waals surface area contributed by atoms with E-state index in [0.29, 0.717) is 35.9 Å². The molecule has 0 saturated carbocycles. The van der Waals surface area contributed by atoms with Crippen LogP contribution < -0.4 is 19.9 Å². The van der Waals surface area contributed by atoms with Crippen molar-refractivity contribution in [1.29, 1.82) is 0 Å². The number of nitrogens with one attached hydrogen (secondary N) is 1. The van der Waals surface area contributed by atoms with Crippen molar-refractivity contribution in [3.05, 3.63) is 54.6 Å². The number of nitrogens with zero attached hydrogens (tertiary/aromatic N) is 6. The second-order valence-electron chi connectivity index (χ2n) is 7.96. The third-order valence-electron chi connectivity index (χ3n) is 5.76. The second kappa shape index (κ2) is 9.41. The van der Waals surface area contributed by atoms with E-state index < -0.39 is 17.9 Å². The van der Waals surface area contributed by atoms with Crippen molar-refractivity contribution < 1.29 is 23.8 Å². The molecule has 2 N–H and O–H groups in total. The normalized spacial score (nSPS) is 15.3. The topological polar surface area (TPSA) is 124 Å². The highest BCUT2D eigenvalue weighted by atomic mass is 19.1. The van der Waals surface area contributed by atoms with E-state index in [9.17, 15) is 19.1 Å². The van der Waals surface area contributed by atoms with E-state index in [1.807, 2.05) is 4.90 Å². The lowest BCUT2D eigenvalue weighted by Gasteiger charge is -2.36. The van der Waals surface area contributed by atoms with Gasteiger partial charge in [0, 0.05) is 49.8 Å². The zero-order chi connectivity index (χ0) is 24.4. The first-order valence-corrected chi connectivity index (χ1v) is 11.0. The number of anilines is 3. The number of halogens is 1. The molecular formula is C23H22FN7O4. The lowest BCUT2D eigenvalue weighted by Crippen LogP contribution is -2.49. The molecule has 2 aromatic heterocycles. The minimum absolute atomic E-state index is 0.224. The van der Waals surface area contributed by atoms with Crippen molar-refractivity contribution in [3.63, 3.8) is 0 Å². The van der Waals surface area contributed by atoms with E-state index in [1.165, 1.54) is 21.9 Å². The molecule has 12 heteroatoms. The average Bonchev–Trinajstić information content (AvgIpc) is 2.88. The molecule has 0 radical (unpaired) electrons. The van der Waals surface area contributed by atoms with Gasteiger partial charge in [0.05, 0.1) is 6.54 Å². The zero-order valence-electron chi connectivity index (χ0n) is 18.6. The Morgan fingerprint density at radius 2 is 1.74 bits per heavy atom. The van der Waals surface area contributed by atoms with Crippen molar-refractivity contribution in [2.45, 2.75) is 0 Å². The fraction of sp³-hybridized carbons (Fsp3) is 0.261. The lowest BCUT2D eigenvalue weighted by molar-refractivity contribution is 0.142. The highest BCUT2D eigenvalue weighted by Crippen LogP contribution is 2.40. The van der Waals surface area contributed by atoms with Gasteiger partial charge >= 0.3 is 12.1 Å². The highest BCUT2D eigenvalue weighted by molar-refractivity contribution is 6.03. The number of fused-ring (bicyclic) bond motifs is 1. The molecule has 35 heavy (non-hydrogen) atoms. The first kappa shape index (κ1) is 22.3. The van der Waals surface area contributed by atoms with Crippen LogP contribution in [0, 0.1) is 5.82 Å². The Hall–Kier alpha value is -4.48. The largest absolute Gasteiger partial charge is 0.485 e. The molecule has 2 aliphatic heterocycles. The summed E-state index contributed by atoms with van der Waals surface area (Å²) in [5.41, 5.74) is 1.01. The molecule has 0 spiro atoms. The summed E-state index contributed by atoms with van der Waals surface area (Å²) < 4.78 is 19.9. The first-order valence-electron chi connectivity index (χ1n) is 11.0. The Balaban J connectivity index is 1.54. The Labute approximate surface area is 199 Å². The fourth-order valence-electron chi connectivity index (χ4n) is 3.99. The van der Waals surface area contributed by atoms with E-state index >= 15 is 0 Å². The number of piperazine rings is 1. The molecule has 4 heterocycles. The van der Waals surface area contributed by atoms with E-state index in [1.54, 1.807) is 36.7 Å². The van der Waals surface area contributed by atoms with Crippen LogP contribution in [-0.4, -0.2) is 76.4 Å². The van der Waals surface area contributed by atoms with Gasteiger partial charge in [-0.25, -0.2) is 23.9 Å². The average molecular weight is 479 g/mol. The van der Waals surface area contributed by atoms with Crippen LogP contribution in [0.2, 0.25) is 0 Å². The molecule has 3 amide bonds. The van der Waals surface area contributed by atoms with Crippen LogP contribution in [-0.2, 0) is 0 Å². The van der Waals surface area contributed by atoms with Gasteiger partial charge in [-0.1, -0.05) is 12.1 Å². The Kier molecular flexibility index (Phi) is 6.00. The van der Waals surface area contributed by atoms with Gasteiger partial charge in [0.2, 0.25) is 5.75 Å². The molecule has 0 aliphatic carbocycles. The van der Waals surface area contributed by atoms with Crippen molar-refractivity contribution in [1.82, 2.24) is 19.9 Å². The van der Waals surface area contributed by atoms with Gasteiger partial charge < -0.3 is 25.0 Å². The number of hydrogen-bond acceptors (Lipinski definition) is 7. The Morgan fingerprint density at radius 3 is 2.46 bits per heavy atom. The molecule has 0 bridgehead atoms. The van der Waals surface area contributed by atoms with E-state index in [2.05, 4.69) is 20.3 Å². The summed E-state index contributed by atoms with van der Waals surface area (Å²) in [6.07, 6.45) is 2.16. The fourth-order valence-corrected chi connectivity index (χ4v) is 3.99. The standard InChI is InChI=1S/C23H22FN7O4/c24-16-3-1-2-15(14-16)19-27-20(29-8-10-30(11-9-29)23(33)34)18-21(28-19)31(12-13-35-18)22(32)26-17-4-6-25-7-5-17/h1-7,14H,8-13H2,(H,33,34)(H,25,26,32). The number of carbonyl (C=O) groups is 2. The predicted octanol–water partition coefficient (Wildman–Crippen LogP) is 2.91. The summed E-state index contributed by atoms with van der Waals surface area (Å²) in [5.74, 6) is 0.800. The maximum Gasteiger partial charge on any atom is 0.407 e. The van der Waals surface area contributed by atoms with Gasteiger partial charge in [-0.3, -0.25) is 9.88 Å². The predicted molar refractivity (Wildman–Crippen MR) is 125 cm³/mol. The van der Waals surface area contributed by atoms with Gasteiger partial charge in [-0.2, -0.15) is 0 Å². The Morgan fingerprint density at radius 1 is 1.00 bits per heavy atom. The van der Waals surface area contributed by atoms with Crippen molar-refractivity contribution in [3.8, 4) is 17.1 Å². The van der Waals surface area contributed by atoms with Crippen LogP contribution >= 0.6 is 0 Å². The summed E-state index contributed by atoms with van der Waals surface area (Å²) >= 11 is 0. The quantitative estimate of drug-likeness (QED) is 0.588. The summed E-state index contributed by atoms with van der Waals surface area (Å²) in [6, 6.07) is 8.82. The third-order valence-corrected chi connectivity index (χ3v) is 5.76. The molecule has 2 aliphatic rings. The zero-order valence-corrected chi connectivity index (χ0v) is 18.6. The molecule has 1 saturated heterocycles. The number of ether oxygens (including phenoxy) is 1. The van der Waals surface area contributed by atoms with E-state index in [-0.39, 0.29) is 37.9 Å². The number of carboxylic acid groups (broad SMARTS) is 1. The molecule has 1 aromatic carbocycles. The van der Waals surface area contributed by atoms with E-state index in [4.69, 9.17) is 4.74 Å². The van der Waals surface area contributed by atoms with Crippen molar-refractivity contribution in [2.24, 2.45) is 0 Å². The van der Waals surface area contributed by atoms with Crippen molar-refractivity contribution >= 4 is 29.4 Å². The summed E-state index contributed by atoms with van der Waals surface area (Å²) in [4.78, 5) is 42.4. The van der Waals surface area contributed by atoms with Crippen LogP contribution in [0.25, 0.3) is 11.4 Å². The number of carbonyl (C=O) groups excluding carboxylic acids is 1. The third kappa shape index (κ3) is 4.63. The maximum atomic E-state index is 14.0. The van der Waals surface area contributed by atoms with Gasteiger partial charge in [-0.05, 0) is 24.3 Å². The molecule has 0 unspecified atom stereocenters.